The van der Waals surface area contributed by atoms with Crippen molar-refractivity contribution in [1.29, 1.82) is 0 Å². The largest absolute Gasteiger partial charge is 0.493 e. The summed E-state index contributed by atoms with van der Waals surface area (Å²) in [5.41, 5.74) is 3.52. The molecule has 3 aromatic carbocycles. The number of benzene rings is 3. The van der Waals surface area contributed by atoms with Crippen molar-refractivity contribution in [2.75, 3.05) is 6.61 Å². The number of allylic oxidation sites excluding steroid dienone is 2. The van der Waals surface area contributed by atoms with Crippen molar-refractivity contribution in [2.45, 2.75) is 32.7 Å². The molecule has 39 heavy (non-hydrogen) atoms. The number of ether oxygens (including phenoxy) is 1. The molecule has 2 N–H and O–H groups in total. The van der Waals surface area contributed by atoms with Gasteiger partial charge in [-0.25, -0.2) is 9.78 Å². The summed E-state index contributed by atoms with van der Waals surface area (Å²) < 4.78 is 11.7. The van der Waals surface area contributed by atoms with E-state index in [1.807, 2.05) is 61.5 Å². The monoisotopic (exact) mass is 544 g/mol. The number of aliphatic carboxylic acids is 1. The molecule has 0 radical (unpaired) electrons. The summed E-state index contributed by atoms with van der Waals surface area (Å²) in [6, 6.07) is 22.6. The van der Waals surface area contributed by atoms with Gasteiger partial charge in [0, 0.05) is 40.8 Å². The van der Waals surface area contributed by atoms with Crippen LogP contribution in [0.25, 0.3) is 11.5 Å². The lowest BCUT2D eigenvalue weighted by Gasteiger charge is -2.16. The van der Waals surface area contributed by atoms with Crippen LogP contribution in [0.1, 0.15) is 34.3 Å². The lowest BCUT2D eigenvalue weighted by atomic mass is 10.1. The summed E-state index contributed by atoms with van der Waals surface area (Å²) in [5, 5.41) is 13.2. The molecule has 4 aromatic rings. The number of oxazole rings is 1. The third-order valence-corrected chi connectivity index (χ3v) is 6.31. The fraction of sp³-hybridized carbons (Fsp3) is 0.194. The molecule has 1 heterocycles. The van der Waals surface area contributed by atoms with Crippen molar-refractivity contribution >= 4 is 23.4 Å². The maximum absolute atomic E-state index is 12.4. The van der Waals surface area contributed by atoms with Crippen molar-refractivity contribution in [2.24, 2.45) is 0 Å². The van der Waals surface area contributed by atoms with E-state index in [-0.39, 0.29) is 12.2 Å². The first-order valence-corrected chi connectivity index (χ1v) is 12.9. The van der Waals surface area contributed by atoms with Crippen LogP contribution in [0.5, 0.6) is 5.75 Å². The number of nitrogens with zero attached hydrogens (tertiary/aromatic N) is 1. The van der Waals surface area contributed by atoms with Crippen LogP contribution in [0, 0.1) is 6.92 Å². The molecule has 4 rings (SSSR count). The zero-order valence-electron chi connectivity index (χ0n) is 21.7. The van der Waals surface area contributed by atoms with Crippen LogP contribution in [-0.4, -0.2) is 34.5 Å². The minimum Gasteiger partial charge on any atom is -0.493 e. The van der Waals surface area contributed by atoms with Gasteiger partial charge in [-0.3, -0.25) is 4.79 Å². The van der Waals surface area contributed by atoms with Crippen molar-refractivity contribution < 1.29 is 23.8 Å². The normalized spacial score (nSPS) is 12.1. The topological polar surface area (TPSA) is 102 Å². The SMILES string of the molecule is C/C(=C/C(=O)c1ccc(Cl)cc1)NC(Cc1ccc(OCCc2nc(-c3ccccc3)oc2C)cc1)C(=O)O. The average molecular weight is 545 g/mol. The molecule has 8 heteroatoms. The van der Waals surface area contributed by atoms with E-state index >= 15 is 0 Å². The minimum absolute atomic E-state index is 0.232. The Morgan fingerprint density at radius 3 is 2.41 bits per heavy atom. The van der Waals surface area contributed by atoms with E-state index in [1.54, 1.807) is 31.2 Å². The molecule has 0 aliphatic heterocycles. The number of aryl methyl sites for hydroxylation is 1. The number of nitrogens with one attached hydrogen (secondary N) is 1. The van der Waals surface area contributed by atoms with Gasteiger partial charge in [-0.15, -0.1) is 0 Å². The Labute approximate surface area is 232 Å². The van der Waals surface area contributed by atoms with Gasteiger partial charge in [-0.05, 0) is 67.9 Å². The van der Waals surface area contributed by atoms with Gasteiger partial charge >= 0.3 is 5.97 Å². The fourth-order valence-corrected chi connectivity index (χ4v) is 4.12. The van der Waals surface area contributed by atoms with Crippen molar-refractivity contribution in [1.82, 2.24) is 10.3 Å². The zero-order chi connectivity index (χ0) is 27.8. The number of carbonyl (C=O) groups is 2. The van der Waals surface area contributed by atoms with Crippen LogP contribution in [0.15, 0.2) is 95.1 Å². The van der Waals surface area contributed by atoms with E-state index in [9.17, 15) is 14.7 Å². The number of rotatable bonds is 12. The molecule has 0 amide bonds. The molecule has 1 aromatic heterocycles. The van der Waals surface area contributed by atoms with Gasteiger partial charge < -0.3 is 19.6 Å². The number of carboxylic acid groups (broad SMARTS) is 1. The maximum atomic E-state index is 12.4. The Morgan fingerprint density at radius 2 is 1.74 bits per heavy atom. The van der Waals surface area contributed by atoms with Crippen LogP contribution in [0.2, 0.25) is 5.02 Å². The van der Waals surface area contributed by atoms with Gasteiger partial charge in [0.05, 0.1) is 12.3 Å². The molecule has 200 valence electrons. The first kappa shape index (κ1) is 27.7. The van der Waals surface area contributed by atoms with E-state index in [4.69, 9.17) is 20.8 Å². The summed E-state index contributed by atoms with van der Waals surface area (Å²) in [6.07, 6.45) is 2.21. The molecule has 0 bridgehead atoms. The third-order valence-electron chi connectivity index (χ3n) is 6.06. The van der Waals surface area contributed by atoms with Gasteiger partial charge in [-0.2, -0.15) is 0 Å². The molecule has 0 saturated carbocycles. The van der Waals surface area contributed by atoms with Gasteiger partial charge in [0.25, 0.3) is 0 Å². The van der Waals surface area contributed by atoms with Crippen molar-refractivity contribution in [3.05, 3.63) is 118 Å². The van der Waals surface area contributed by atoms with Crippen molar-refractivity contribution in [3.8, 4) is 17.2 Å². The molecular formula is C31H29ClN2O5. The molecular weight excluding hydrogens is 516 g/mol. The molecule has 7 nitrogen and oxygen atoms in total. The number of hydrogen-bond acceptors (Lipinski definition) is 6. The summed E-state index contributed by atoms with van der Waals surface area (Å²) in [4.78, 5) is 28.9. The van der Waals surface area contributed by atoms with E-state index in [0.29, 0.717) is 41.0 Å². The predicted octanol–water partition coefficient (Wildman–Crippen LogP) is 6.30. The second-order valence-corrected chi connectivity index (χ2v) is 9.50. The lowest BCUT2D eigenvalue weighted by molar-refractivity contribution is -0.139. The van der Waals surface area contributed by atoms with Crippen LogP contribution in [0.3, 0.4) is 0 Å². The highest BCUT2D eigenvalue weighted by Gasteiger charge is 2.18. The highest BCUT2D eigenvalue weighted by molar-refractivity contribution is 6.30. The second kappa shape index (κ2) is 12.9. The first-order chi connectivity index (χ1) is 18.8. The Morgan fingerprint density at radius 1 is 1.05 bits per heavy atom. The smallest absolute Gasteiger partial charge is 0.326 e. The van der Waals surface area contributed by atoms with Crippen LogP contribution in [0.4, 0.5) is 0 Å². The number of aromatic nitrogens is 1. The Balaban J connectivity index is 1.30. The molecule has 0 aliphatic rings. The van der Waals surface area contributed by atoms with Crippen LogP contribution >= 0.6 is 11.6 Å². The van der Waals surface area contributed by atoms with Crippen LogP contribution < -0.4 is 10.1 Å². The van der Waals surface area contributed by atoms with Gasteiger partial charge in [0.15, 0.2) is 5.78 Å². The number of hydrogen-bond donors (Lipinski definition) is 2. The number of carbonyl (C=O) groups excluding carboxylic acids is 1. The van der Waals surface area contributed by atoms with Gasteiger partial charge in [-0.1, -0.05) is 41.9 Å². The summed E-state index contributed by atoms with van der Waals surface area (Å²) in [7, 11) is 0. The van der Waals surface area contributed by atoms with Crippen molar-refractivity contribution in [3.63, 3.8) is 0 Å². The highest BCUT2D eigenvalue weighted by Crippen LogP contribution is 2.22. The van der Waals surface area contributed by atoms with E-state index in [1.165, 1.54) is 6.08 Å². The van der Waals surface area contributed by atoms with E-state index in [0.717, 1.165) is 22.6 Å². The molecule has 1 unspecified atom stereocenters. The van der Waals surface area contributed by atoms with Gasteiger partial charge in [0.2, 0.25) is 5.89 Å². The average Bonchev–Trinajstić information content (AvgIpc) is 3.30. The zero-order valence-corrected chi connectivity index (χ0v) is 22.4. The summed E-state index contributed by atoms with van der Waals surface area (Å²) in [6.45, 7) is 3.98. The van der Waals surface area contributed by atoms with E-state index in [2.05, 4.69) is 10.3 Å². The van der Waals surface area contributed by atoms with E-state index < -0.39 is 12.0 Å². The molecule has 0 fully saturated rings. The number of carboxylic acids is 1. The standard InChI is InChI=1S/C31H29ClN2O5/c1-20(18-29(35)23-10-12-25(32)13-11-23)33-28(31(36)37)19-22-8-14-26(15-9-22)38-17-16-27-21(2)39-30(34-27)24-6-4-3-5-7-24/h3-15,18,28,33H,16-17,19H2,1-2H3,(H,36,37)/b20-18-. The first-order valence-electron chi connectivity index (χ1n) is 12.5. The Hall–Kier alpha value is -4.36. The maximum Gasteiger partial charge on any atom is 0.326 e. The minimum atomic E-state index is -1.01. The molecule has 0 spiro atoms. The predicted molar refractivity (Wildman–Crippen MR) is 150 cm³/mol. The Bertz CT molecular complexity index is 1440. The molecule has 0 saturated heterocycles. The molecule has 0 aliphatic carbocycles. The third kappa shape index (κ3) is 7.82. The Kier molecular flexibility index (Phi) is 9.18. The van der Waals surface area contributed by atoms with Crippen LogP contribution in [-0.2, 0) is 17.6 Å². The highest BCUT2D eigenvalue weighted by atomic mass is 35.5. The fourth-order valence-electron chi connectivity index (χ4n) is 4.00. The number of halogens is 1. The quantitative estimate of drug-likeness (QED) is 0.159. The molecule has 1 atom stereocenters. The summed E-state index contributed by atoms with van der Waals surface area (Å²) >= 11 is 5.87. The summed E-state index contributed by atoms with van der Waals surface area (Å²) in [5.74, 6) is 0.777. The number of ketones is 1. The second-order valence-electron chi connectivity index (χ2n) is 9.07. The lowest BCUT2D eigenvalue weighted by Crippen LogP contribution is -2.37. The van der Waals surface area contributed by atoms with Gasteiger partial charge in [0.1, 0.15) is 17.6 Å².